The highest BCUT2D eigenvalue weighted by Crippen LogP contribution is 2.32. The van der Waals surface area contributed by atoms with Gasteiger partial charge >= 0.3 is 0 Å². The molecule has 0 saturated carbocycles. The van der Waals surface area contributed by atoms with Gasteiger partial charge in [-0.05, 0) is 6.07 Å². The van der Waals surface area contributed by atoms with E-state index in [0.717, 1.165) is 12.1 Å². The first-order chi connectivity index (χ1) is 10.8. The van der Waals surface area contributed by atoms with E-state index >= 15 is 0 Å². The number of nitrogens with one attached hydrogen (secondary N) is 1. The molecule has 0 radical (unpaired) electrons. The van der Waals surface area contributed by atoms with Crippen molar-refractivity contribution in [1.29, 1.82) is 0 Å². The van der Waals surface area contributed by atoms with Crippen LogP contribution in [0.5, 0.6) is 0 Å². The summed E-state index contributed by atoms with van der Waals surface area (Å²) in [6.07, 6.45) is 0. The number of likely N-dealkylation sites (tertiary alicyclic amines) is 1. The van der Waals surface area contributed by atoms with E-state index in [9.17, 15) is 27.3 Å². The van der Waals surface area contributed by atoms with Crippen molar-refractivity contribution in [2.45, 2.75) is 17.0 Å². The van der Waals surface area contributed by atoms with Crippen molar-refractivity contribution in [2.24, 2.45) is 5.14 Å². The molecule has 1 heterocycles. The molecule has 1 fully saturated rings. The molecule has 0 atom stereocenters. The highest BCUT2D eigenvalue weighted by Gasteiger charge is 2.35. The number of alkyl halides is 2. The van der Waals surface area contributed by atoms with Crippen molar-refractivity contribution in [3.8, 4) is 0 Å². The van der Waals surface area contributed by atoms with Crippen LogP contribution in [-0.2, 0) is 10.0 Å². The second-order valence-corrected chi connectivity index (χ2v) is 6.74. The summed E-state index contributed by atoms with van der Waals surface area (Å²) in [5.74, 6) is 0. The first kappa shape index (κ1) is 17.5. The maximum atomic E-state index is 12.6. The number of sulfonamides is 1. The van der Waals surface area contributed by atoms with E-state index in [0.29, 0.717) is 0 Å². The molecule has 0 aromatic heterocycles. The molecule has 1 aliphatic heterocycles. The molecule has 1 saturated heterocycles. The van der Waals surface area contributed by atoms with Gasteiger partial charge in [-0.25, -0.2) is 22.3 Å². The van der Waals surface area contributed by atoms with Gasteiger partial charge in [-0.2, -0.15) is 0 Å². The molecule has 23 heavy (non-hydrogen) atoms. The minimum atomic E-state index is -4.16. The van der Waals surface area contributed by atoms with Crippen molar-refractivity contribution >= 4 is 21.4 Å². The number of nitro benzene ring substituents is 1. The highest BCUT2D eigenvalue weighted by atomic mass is 32.2. The van der Waals surface area contributed by atoms with E-state index in [1.165, 1.54) is 11.0 Å². The predicted octanol–water partition coefficient (Wildman–Crippen LogP) is 0.646. The Balaban J connectivity index is 2.22. The van der Waals surface area contributed by atoms with E-state index < -0.39 is 44.9 Å². The van der Waals surface area contributed by atoms with Crippen LogP contribution in [0.15, 0.2) is 23.1 Å². The van der Waals surface area contributed by atoms with Gasteiger partial charge in [0.25, 0.3) is 5.69 Å². The Kier molecular flexibility index (Phi) is 5.12. The second kappa shape index (κ2) is 6.72. The second-order valence-electron chi connectivity index (χ2n) is 5.21. The van der Waals surface area contributed by atoms with Crippen LogP contribution < -0.4 is 10.5 Å². The summed E-state index contributed by atoms with van der Waals surface area (Å²) in [5.41, 5.74) is -0.635. The van der Waals surface area contributed by atoms with Crippen LogP contribution in [-0.4, -0.2) is 56.8 Å². The fraction of sp³-hybridized carbons (Fsp3) is 0.500. The van der Waals surface area contributed by atoms with E-state index in [1.807, 2.05) is 0 Å². The van der Waals surface area contributed by atoms with Crippen LogP contribution in [0, 0.1) is 10.1 Å². The van der Waals surface area contributed by atoms with Gasteiger partial charge in [0.15, 0.2) is 0 Å². The smallest absolute Gasteiger partial charge is 0.293 e. The number of halogens is 2. The molecular weight excluding hydrogens is 334 g/mol. The lowest BCUT2D eigenvalue weighted by Crippen LogP contribution is -2.59. The molecule has 1 aromatic rings. The minimum absolute atomic E-state index is 0.207. The van der Waals surface area contributed by atoms with E-state index in [2.05, 4.69) is 5.32 Å². The summed E-state index contributed by atoms with van der Waals surface area (Å²) >= 11 is 0. The number of benzene rings is 1. The van der Waals surface area contributed by atoms with Crippen molar-refractivity contribution in [1.82, 2.24) is 4.90 Å². The Morgan fingerprint density at radius 1 is 1.39 bits per heavy atom. The van der Waals surface area contributed by atoms with Gasteiger partial charge in [0.2, 0.25) is 10.0 Å². The monoisotopic (exact) mass is 350 g/mol. The molecule has 2 rings (SSSR count). The number of rotatable bonds is 7. The standard InChI is InChI=1S/C12H16F2N4O4S/c13-4-9(5-14)17-6-8(7-17)16-12-10(18(19)20)2-1-3-11(12)23(15,21)22/h1-3,8-9,16H,4-7H2,(H2,15,21,22). The normalized spacial score (nSPS) is 16.3. The van der Waals surface area contributed by atoms with Gasteiger partial charge in [-0.1, -0.05) is 6.07 Å². The van der Waals surface area contributed by atoms with Crippen molar-refractivity contribution in [3.63, 3.8) is 0 Å². The fourth-order valence-corrected chi connectivity index (χ4v) is 3.11. The van der Waals surface area contributed by atoms with Crippen molar-refractivity contribution < 1.29 is 22.1 Å². The maximum Gasteiger partial charge on any atom is 0.293 e. The summed E-state index contributed by atoms with van der Waals surface area (Å²) < 4.78 is 48.3. The van der Waals surface area contributed by atoms with Gasteiger partial charge in [0.1, 0.15) is 23.9 Å². The average molecular weight is 350 g/mol. The molecule has 0 unspecified atom stereocenters. The molecule has 1 aromatic carbocycles. The zero-order valence-corrected chi connectivity index (χ0v) is 12.8. The van der Waals surface area contributed by atoms with Crippen LogP contribution >= 0.6 is 0 Å². The van der Waals surface area contributed by atoms with Gasteiger partial charge < -0.3 is 5.32 Å². The Labute approximate surface area is 131 Å². The average Bonchev–Trinajstić information content (AvgIpc) is 2.44. The Morgan fingerprint density at radius 2 is 2.00 bits per heavy atom. The summed E-state index contributed by atoms with van der Waals surface area (Å²) in [6.45, 7) is -1.18. The Hall–Kier alpha value is -1.85. The highest BCUT2D eigenvalue weighted by molar-refractivity contribution is 7.89. The number of hydrogen-bond acceptors (Lipinski definition) is 6. The number of para-hydroxylation sites is 1. The summed E-state index contributed by atoms with van der Waals surface area (Å²) in [4.78, 5) is 11.5. The molecule has 3 N–H and O–H groups in total. The molecular formula is C12H16F2N4O4S. The van der Waals surface area contributed by atoms with Crippen molar-refractivity contribution in [3.05, 3.63) is 28.3 Å². The van der Waals surface area contributed by atoms with Crippen LogP contribution in [0.3, 0.4) is 0 Å². The first-order valence-corrected chi connectivity index (χ1v) is 8.25. The summed E-state index contributed by atoms with van der Waals surface area (Å²) in [7, 11) is -4.16. The van der Waals surface area contributed by atoms with Crippen LogP contribution in [0.4, 0.5) is 20.2 Å². The quantitative estimate of drug-likeness (QED) is 0.550. The molecule has 0 bridgehead atoms. The Morgan fingerprint density at radius 3 is 2.48 bits per heavy atom. The number of nitro groups is 1. The largest absolute Gasteiger partial charge is 0.373 e. The summed E-state index contributed by atoms with van der Waals surface area (Å²) in [6, 6.07) is 2.32. The summed E-state index contributed by atoms with van der Waals surface area (Å²) in [5, 5.41) is 18.9. The van der Waals surface area contributed by atoms with Crippen LogP contribution in [0.25, 0.3) is 0 Å². The fourth-order valence-electron chi connectivity index (χ4n) is 2.40. The molecule has 128 valence electrons. The lowest BCUT2D eigenvalue weighted by molar-refractivity contribution is -0.384. The van der Waals surface area contributed by atoms with Crippen molar-refractivity contribution in [2.75, 3.05) is 31.8 Å². The van der Waals surface area contributed by atoms with E-state index in [1.54, 1.807) is 0 Å². The number of nitrogens with two attached hydrogens (primary N) is 1. The zero-order valence-electron chi connectivity index (χ0n) is 12.0. The van der Waals surface area contributed by atoms with Gasteiger partial charge in [-0.3, -0.25) is 15.0 Å². The molecule has 8 nitrogen and oxygen atoms in total. The van der Waals surface area contributed by atoms with E-state index in [4.69, 9.17) is 5.14 Å². The maximum absolute atomic E-state index is 12.6. The van der Waals surface area contributed by atoms with Crippen LogP contribution in [0.1, 0.15) is 0 Å². The molecule has 0 amide bonds. The third-order valence-electron chi connectivity index (χ3n) is 3.64. The number of hydrogen-bond donors (Lipinski definition) is 2. The molecule has 0 aliphatic carbocycles. The first-order valence-electron chi connectivity index (χ1n) is 6.70. The van der Waals surface area contributed by atoms with E-state index in [-0.39, 0.29) is 24.8 Å². The molecule has 11 heteroatoms. The number of nitrogens with zero attached hydrogens (tertiary/aromatic N) is 2. The topological polar surface area (TPSA) is 119 Å². The lowest BCUT2D eigenvalue weighted by Gasteiger charge is -2.43. The number of primary sulfonamides is 1. The van der Waals surface area contributed by atoms with Gasteiger partial charge in [0.05, 0.1) is 17.0 Å². The molecule has 1 aliphatic rings. The van der Waals surface area contributed by atoms with Gasteiger partial charge in [0, 0.05) is 19.2 Å². The lowest BCUT2D eigenvalue weighted by atomic mass is 10.1. The molecule has 0 spiro atoms. The predicted molar refractivity (Wildman–Crippen MR) is 79.2 cm³/mol. The third-order valence-corrected chi connectivity index (χ3v) is 4.59. The minimum Gasteiger partial charge on any atom is -0.373 e. The SMILES string of the molecule is NS(=O)(=O)c1cccc([N+](=O)[O-])c1NC1CN(C(CF)CF)C1. The third kappa shape index (κ3) is 3.74. The Bertz CT molecular complexity index is 690. The van der Waals surface area contributed by atoms with Crippen LogP contribution in [0.2, 0.25) is 0 Å². The zero-order chi connectivity index (χ0) is 17.2. The van der Waals surface area contributed by atoms with Gasteiger partial charge in [-0.15, -0.1) is 0 Å². The number of anilines is 1.